The summed E-state index contributed by atoms with van der Waals surface area (Å²) in [6.45, 7) is 3.41. The molecule has 8 N–H and O–H groups in total. The van der Waals surface area contributed by atoms with E-state index in [1.165, 1.54) is 167 Å². The fourth-order valence-electron chi connectivity index (χ4n) is 6.89. The summed E-state index contributed by atoms with van der Waals surface area (Å²) < 4.78 is 3.60. The van der Waals surface area contributed by atoms with E-state index >= 15 is 0 Å². The molecule has 0 aliphatic rings. The highest BCUT2D eigenvalue weighted by molar-refractivity contribution is 7.53. The van der Waals surface area contributed by atoms with Gasteiger partial charge in [0.15, 0.2) is 0 Å². The minimum atomic E-state index is -2.61. The molecule has 0 atom stereocenters. The largest absolute Gasteiger partial charge is 0.395 e. The number of unbranched alkanes of at least 4 members (excludes halogenated alkanes) is 28. The van der Waals surface area contributed by atoms with Gasteiger partial charge in [-0.1, -0.05) is 206 Å². The smallest absolute Gasteiger partial charge is 0.334 e. The van der Waals surface area contributed by atoms with Crippen LogP contribution in [0.4, 0.5) is 0 Å². The Labute approximate surface area is 311 Å². The van der Waals surface area contributed by atoms with E-state index in [4.69, 9.17) is 19.6 Å². The second-order valence-corrected chi connectivity index (χ2v) is 16.4. The van der Waals surface area contributed by atoms with Crippen molar-refractivity contribution in [3.8, 4) is 0 Å². The highest BCUT2D eigenvalue weighted by Crippen LogP contribution is 2.42. The second kappa shape index (κ2) is 39.2. The van der Waals surface area contributed by atoms with Crippen molar-refractivity contribution in [2.24, 2.45) is 5.41 Å². The molecule has 9 nitrogen and oxygen atoms in total. The molecular weight excluding hydrogens is 674 g/mol. The molecule has 0 fully saturated rings. The summed E-state index contributed by atoms with van der Waals surface area (Å²) in [6, 6.07) is 0. The molecule has 50 heavy (non-hydrogen) atoms. The first-order valence-corrected chi connectivity index (χ1v) is 23.1. The van der Waals surface area contributed by atoms with Crippen LogP contribution in [0.2, 0.25) is 0 Å². The van der Waals surface area contributed by atoms with Crippen LogP contribution in [0.5, 0.6) is 0 Å². The minimum absolute atomic E-state index is 0.381. The van der Waals surface area contributed by atoms with Crippen LogP contribution in [0.3, 0.4) is 0 Å². The molecule has 0 amide bonds. The van der Waals surface area contributed by atoms with Crippen molar-refractivity contribution in [1.82, 2.24) is 0 Å². The van der Waals surface area contributed by atoms with Crippen LogP contribution in [0.1, 0.15) is 219 Å². The fourth-order valence-corrected chi connectivity index (χ4v) is 7.41. The molecule has 0 aliphatic carbocycles. The molecule has 0 aliphatic heterocycles. The summed E-state index contributed by atoms with van der Waals surface area (Å²) in [5.74, 6) is 0. The van der Waals surface area contributed by atoms with Gasteiger partial charge >= 0.3 is 17.2 Å². The van der Waals surface area contributed by atoms with Crippen molar-refractivity contribution in [2.45, 2.75) is 225 Å². The van der Waals surface area contributed by atoms with Crippen molar-refractivity contribution in [3.05, 3.63) is 0 Å². The van der Waals surface area contributed by atoms with Gasteiger partial charge in [0.1, 0.15) is 0 Å². The van der Waals surface area contributed by atoms with Crippen molar-refractivity contribution >= 4 is 17.2 Å². The van der Waals surface area contributed by atoms with Crippen LogP contribution < -0.4 is 0 Å². The molecule has 0 spiro atoms. The maximum absolute atomic E-state index is 11.6. The third-order valence-electron chi connectivity index (χ3n) is 10.4. The monoisotopic (exact) mass is 759 g/mol. The van der Waals surface area contributed by atoms with Gasteiger partial charge in [-0.15, -0.1) is 0 Å². The Balaban J connectivity index is 0. The predicted molar refractivity (Wildman–Crippen MR) is 212 cm³/mol. The number of hydrogen-bond acceptors (Lipinski definition) is 9. The Bertz CT molecular complexity index is 607. The average Bonchev–Trinajstić information content (AvgIpc) is 3.09. The standard InChI is InChI=1S/C39H80O4.H4O5P2/c1-3-5-7-9-11-13-15-17-19-21-23-25-27-29-31-33-39(43,38(35-40,36-41)37-42)34-32-30-28-26-24-22-20-18-16-14-12-10-8-6-4-2;1-6(2)5-7(3)4/h40-43H,3-37H2,1-2H3;1-4H. The quantitative estimate of drug-likeness (QED) is 0.0225. The maximum Gasteiger partial charge on any atom is 0.334 e. The average molecular weight is 759 g/mol. The lowest BCUT2D eigenvalue weighted by Gasteiger charge is -2.44. The van der Waals surface area contributed by atoms with Gasteiger partial charge in [-0.05, 0) is 12.8 Å². The van der Waals surface area contributed by atoms with Gasteiger partial charge in [0.2, 0.25) is 0 Å². The molecule has 0 aromatic rings. The Kier molecular flexibility index (Phi) is 41.2. The number of hydrogen-bond donors (Lipinski definition) is 8. The highest BCUT2D eigenvalue weighted by atomic mass is 31.2. The minimum Gasteiger partial charge on any atom is -0.395 e. The number of rotatable bonds is 38. The lowest BCUT2D eigenvalue weighted by Crippen LogP contribution is -2.55. The first-order valence-electron chi connectivity index (χ1n) is 20.8. The summed E-state index contributed by atoms with van der Waals surface area (Å²) in [7, 11) is -5.22. The van der Waals surface area contributed by atoms with Crippen LogP contribution in [-0.2, 0) is 4.31 Å². The molecule has 304 valence electrons. The van der Waals surface area contributed by atoms with Gasteiger partial charge in [-0.2, -0.15) is 0 Å². The molecule has 0 saturated carbocycles. The Hall–Kier alpha value is 0.500. The molecule has 0 unspecified atom stereocenters. The van der Waals surface area contributed by atoms with E-state index in [2.05, 4.69) is 18.2 Å². The third-order valence-corrected chi connectivity index (χ3v) is 11.6. The summed E-state index contributed by atoms with van der Waals surface area (Å²) in [4.78, 5) is 31.3. The lowest BCUT2D eigenvalue weighted by atomic mass is 9.68. The van der Waals surface area contributed by atoms with Gasteiger partial charge in [0.05, 0.1) is 30.8 Å². The van der Waals surface area contributed by atoms with E-state index in [0.717, 1.165) is 25.7 Å². The number of aliphatic hydroxyl groups excluding tert-OH is 3. The lowest BCUT2D eigenvalue weighted by molar-refractivity contribution is -0.162. The topological polar surface area (TPSA) is 171 Å². The van der Waals surface area contributed by atoms with E-state index in [0.29, 0.717) is 12.8 Å². The van der Waals surface area contributed by atoms with Crippen LogP contribution in [0.25, 0.3) is 0 Å². The van der Waals surface area contributed by atoms with Crippen LogP contribution in [0.15, 0.2) is 0 Å². The molecule has 0 radical (unpaired) electrons. The van der Waals surface area contributed by atoms with Crippen LogP contribution >= 0.6 is 17.2 Å². The van der Waals surface area contributed by atoms with E-state index in [-0.39, 0.29) is 19.8 Å². The predicted octanol–water partition coefficient (Wildman–Crippen LogP) is 10.6. The summed E-state index contributed by atoms with van der Waals surface area (Å²) >= 11 is 0. The first-order chi connectivity index (χ1) is 24.2. The van der Waals surface area contributed by atoms with E-state index < -0.39 is 28.2 Å². The molecule has 0 saturated heterocycles. The SMILES string of the molecule is CCCCCCCCCCCCCCCCCC(O)(CCCCCCCCCCCCCCCCC)C(CO)(CO)CO.OP(O)OP(O)O. The molecule has 0 aromatic carbocycles. The van der Waals surface area contributed by atoms with Crippen molar-refractivity contribution < 1.29 is 44.3 Å². The maximum atomic E-state index is 11.6. The van der Waals surface area contributed by atoms with E-state index in [1.807, 2.05) is 0 Å². The third kappa shape index (κ3) is 32.0. The summed E-state index contributed by atoms with van der Waals surface area (Å²) in [5, 5.41) is 41.9. The zero-order chi connectivity index (χ0) is 37.6. The van der Waals surface area contributed by atoms with E-state index in [9.17, 15) is 20.4 Å². The zero-order valence-corrected chi connectivity index (χ0v) is 34.4. The van der Waals surface area contributed by atoms with Crippen molar-refractivity contribution in [2.75, 3.05) is 19.8 Å². The molecular formula is C39H84O9P2. The van der Waals surface area contributed by atoms with Gasteiger partial charge < -0.3 is 40.0 Å². The summed E-state index contributed by atoms with van der Waals surface area (Å²) in [5.41, 5.74) is -2.43. The normalized spacial score (nSPS) is 12.2. The van der Waals surface area contributed by atoms with Crippen molar-refractivity contribution in [1.29, 1.82) is 0 Å². The fraction of sp³-hybridized carbons (Fsp3) is 1.00. The zero-order valence-electron chi connectivity index (χ0n) is 32.6. The van der Waals surface area contributed by atoms with E-state index in [1.54, 1.807) is 0 Å². The highest BCUT2D eigenvalue weighted by Gasteiger charge is 2.48. The number of aliphatic hydroxyl groups is 4. The van der Waals surface area contributed by atoms with Crippen molar-refractivity contribution in [3.63, 3.8) is 0 Å². The molecule has 11 heteroatoms. The first kappa shape index (κ1) is 52.6. The Morgan fingerprint density at radius 1 is 0.360 bits per heavy atom. The summed E-state index contributed by atoms with van der Waals surface area (Å²) in [6.07, 6.45) is 40.1. The van der Waals surface area contributed by atoms with Crippen LogP contribution in [-0.4, -0.2) is 65.4 Å². The molecule has 0 bridgehead atoms. The molecule has 0 heterocycles. The van der Waals surface area contributed by atoms with Gasteiger partial charge in [0.25, 0.3) is 0 Å². The van der Waals surface area contributed by atoms with Crippen LogP contribution in [0, 0.1) is 5.41 Å². The van der Waals surface area contributed by atoms with Gasteiger partial charge in [-0.25, -0.2) is 4.31 Å². The van der Waals surface area contributed by atoms with Gasteiger partial charge in [-0.3, -0.25) is 0 Å². The van der Waals surface area contributed by atoms with Gasteiger partial charge in [0, 0.05) is 0 Å². The molecule has 0 aromatic heterocycles. The Morgan fingerprint density at radius 3 is 0.720 bits per heavy atom. The second-order valence-electron chi connectivity index (χ2n) is 14.8. The Morgan fingerprint density at radius 2 is 0.560 bits per heavy atom. The molecule has 0 rings (SSSR count).